The van der Waals surface area contributed by atoms with Crippen molar-refractivity contribution in [2.45, 2.75) is 0 Å². The second-order valence-electron chi connectivity index (χ2n) is 5.70. The highest BCUT2D eigenvalue weighted by molar-refractivity contribution is 7.03. The number of carbonyl (C=O) groups excluding carboxylic acids is 1. The van der Waals surface area contributed by atoms with Crippen LogP contribution in [0.3, 0.4) is 0 Å². The minimum Gasteiger partial charge on any atom is -0.493 e. The maximum Gasteiger partial charge on any atom is 0.248 e. The minimum atomic E-state index is -0.228. The molecule has 142 valence electrons. The Bertz CT molecular complexity index is 967. The van der Waals surface area contributed by atoms with E-state index in [9.17, 15) is 4.79 Å². The van der Waals surface area contributed by atoms with Gasteiger partial charge in [-0.3, -0.25) is 4.79 Å². The zero-order chi connectivity index (χ0) is 19.8. The van der Waals surface area contributed by atoms with E-state index in [0.29, 0.717) is 23.8 Å². The predicted octanol–water partition coefficient (Wildman–Crippen LogP) is 4.43. The summed E-state index contributed by atoms with van der Waals surface area (Å²) in [6.45, 7) is 4.02. The Balaban J connectivity index is 1.62. The van der Waals surface area contributed by atoms with Gasteiger partial charge in [0.1, 0.15) is 12.3 Å². The third-order valence-electron chi connectivity index (χ3n) is 3.78. The molecule has 1 amide bonds. The lowest BCUT2D eigenvalue weighted by Crippen LogP contribution is -2.07. The van der Waals surface area contributed by atoms with Gasteiger partial charge in [0.15, 0.2) is 11.5 Å². The van der Waals surface area contributed by atoms with Crippen LogP contribution in [-0.2, 0) is 4.79 Å². The van der Waals surface area contributed by atoms with Crippen molar-refractivity contribution in [3.63, 3.8) is 0 Å². The van der Waals surface area contributed by atoms with Crippen molar-refractivity contribution in [2.75, 3.05) is 19.0 Å². The van der Waals surface area contributed by atoms with Crippen LogP contribution in [0.4, 0.5) is 5.69 Å². The summed E-state index contributed by atoms with van der Waals surface area (Å²) in [4.78, 5) is 12.2. The van der Waals surface area contributed by atoms with E-state index in [0.717, 1.165) is 16.8 Å². The van der Waals surface area contributed by atoms with Crippen molar-refractivity contribution in [2.24, 2.45) is 0 Å². The molecule has 0 saturated heterocycles. The number of hydrogen-bond acceptors (Lipinski definition) is 6. The molecule has 0 aliphatic rings. The minimum absolute atomic E-state index is 0.228. The fourth-order valence-electron chi connectivity index (χ4n) is 2.43. The third-order valence-corrected chi connectivity index (χ3v) is 4.28. The lowest BCUT2D eigenvalue weighted by Gasteiger charge is -2.09. The van der Waals surface area contributed by atoms with Gasteiger partial charge < -0.3 is 14.8 Å². The Morgan fingerprint density at radius 3 is 2.71 bits per heavy atom. The van der Waals surface area contributed by atoms with Gasteiger partial charge in [-0.2, -0.15) is 0 Å². The Hall–Kier alpha value is -3.45. The van der Waals surface area contributed by atoms with Crippen molar-refractivity contribution in [1.29, 1.82) is 0 Å². The summed E-state index contributed by atoms with van der Waals surface area (Å²) in [5, 5.41) is 8.72. The molecule has 0 atom stereocenters. The second kappa shape index (κ2) is 9.48. The average molecular weight is 393 g/mol. The fourth-order valence-corrected chi connectivity index (χ4v) is 2.89. The monoisotopic (exact) mass is 393 g/mol. The van der Waals surface area contributed by atoms with E-state index in [2.05, 4.69) is 21.5 Å². The van der Waals surface area contributed by atoms with Gasteiger partial charge in [-0.25, -0.2) is 0 Å². The van der Waals surface area contributed by atoms with Gasteiger partial charge in [0.05, 0.1) is 7.11 Å². The number of nitrogens with one attached hydrogen (secondary N) is 1. The van der Waals surface area contributed by atoms with E-state index >= 15 is 0 Å². The molecule has 0 bridgehead atoms. The van der Waals surface area contributed by atoms with Crippen LogP contribution < -0.4 is 14.8 Å². The van der Waals surface area contributed by atoms with Gasteiger partial charge in [0.2, 0.25) is 5.91 Å². The number of anilines is 1. The molecule has 3 rings (SSSR count). The predicted molar refractivity (Wildman–Crippen MR) is 112 cm³/mol. The number of benzene rings is 2. The Labute approximate surface area is 167 Å². The number of hydrogen-bond donors (Lipinski definition) is 1. The summed E-state index contributed by atoms with van der Waals surface area (Å²) >= 11 is 1.30. The molecule has 2 aromatic carbocycles. The maximum atomic E-state index is 12.2. The smallest absolute Gasteiger partial charge is 0.248 e. The molecule has 0 unspecified atom stereocenters. The summed E-state index contributed by atoms with van der Waals surface area (Å²) in [5.74, 6) is 0.991. The lowest BCUT2D eigenvalue weighted by atomic mass is 10.1. The number of aromatic nitrogens is 2. The van der Waals surface area contributed by atoms with E-state index in [1.807, 2.05) is 35.7 Å². The van der Waals surface area contributed by atoms with Crippen LogP contribution in [0.2, 0.25) is 0 Å². The van der Waals surface area contributed by atoms with Gasteiger partial charge in [0, 0.05) is 22.7 Å². The quantitative estimate of drug-likeness (QED) is 0.453. The molecule has 6 nitrogen and oxygen atoms in total. The molecule has 1 N–H and O–H groups in total. The number of carbonyl (C=O) groups is 1. The highest BCUT2D eigenvalue weighted by Crippen LogP contribution is 2.28. The van der Waals surface area contributed by atoms with Gasteiger partial charge in [0.25, 0.3) is 0 Å². The first-order valence-electron chi connectivity index (χ1n) is 8.48. The summed E-state index contributed by atoms with van der Waals surface area (Å²) < 4.78 is 14.7. The average Bonchev–Trinajstić information content (AvgIpc) is 3.26. The molecule has 0 fully saturated rings. The molecule has 3 aromatic rings. The first kappa shape index (κ1) is 19.3. The van der Waals surface area contributed by atoms with Crippen molar-refractivity contribution >= 4 is 29.2 Å². The van der Waals surface area contributed by atoms with Crippen LogP contribution in [0.25, 0.3) is 17.3 Å². The van der Waals surface area contributed by atoms with Crippen LogP contribution in [0.15, 0.2) is 66.6 Å². The van der Waals surface area contributed by atoms with Crippen LogP contribution in [0, 0.1) is 0 Å². The van der Waals surface area contributed by atoms with Crippen molar-refractivity contribution in [1.82, 2.24) is 9.59 Å². The molecular formula is C21H19N3O3S. The zero-order valence-electron chi connectivity index (χ0n) is 15.3. The maximum absolute atomic E-state index is 12.2. The standard InChI is InChI=1S/C21H19N3O3S/c1-3-12-27-19-10-4-15(13-20(19)26-2)5-11-21(25)22-17-8-6-16(7-9-17)18-14-28-24-23-18/h3-11,13-14H,1,12H2,2H3,(H,22,25). The normalized spacial score (nSPS) is 10.6. The molecule has 28 heavy (non-hydrogen) atoms. The van der Waals surface area contributed by atoms with Gasteiger partial charge >= 0.3 is 0 Å². The number of ether oxygens (including phenoxy) is 2. The topological polar surface area (TPSA) is 73.3 Å². The summed E-state index contributed by atoms with van der Waals surface area (Å²) in [6.07, 6.45) is 4.85. The number of nitrogens with zero attached hydrogens (tertiary/aromatic N) is 2. The first-order chi connectivity index (χ1) is 13.7. The summed E-state index contributed by atoms with van der Waals surface area (Å²) in [6, 6.07) is 12.9. The fraction of sp³-hybridized carbons (Fsp3) is 0.0952. The highest BCUT2D eigenvalue weighted by Gasteiger charge is 2.05. The van der Waals surface area contributed by atoms with E-state index in [1.54, 1.807) is 31.4 Å². The molecular weight excluding hydrogens is 374 g/mol. The van der Waals surface area contributed by atoms with E-state index in [-0.39, 0.29) is 5.91 Å². The van der Waals surface area contributed by atoms with Crippen LogP contribution >= 0.6 is 11.5 Å². The van der Waals surface area contributed by atoms with Crippen LogP contribution in [-0.4, -0.2) is 29.2 Å². The number of methoxy groups -OCH3 is 1. The first-order valence-corrected chi connectivity index (χ1v) is 9.31. The molecule has 7 heteroatoms. The van der Waals surface area contributed by atoms with Crippen molar-refractivity contribution in [3.05, 3.63) is 72.1 Å². The van der Waals surface area contributed by atoms with E-state index in [1.165, 1.54) is 17.6 Å². The summed E-state index contributed by atoms with van der Waals surface area (Å²) in [5.41, 5.74) is 3.29. The number of rotatable bonds is 8. The van der Waals surface area contributed by atoms with Gasteiger partial charge in [-0.1, -0.05) is 35.3 Å². The molecule has 0 radical (unpaired) electrons. The Morgan fingerprint density at radius 1 is 1.21 bits per heavy atom. The summed E-state index contributed by atoms with van der Waals surface area (Å²) in [7, 11) is 1.57. The van der Waals surface area contributed by atoms with E-state index in [4.69, 9.17) is 9.47 Å². The van der Waals surface area contributed by atoms with Crippen LogP contribution in [0.1, 0.15) is 5.56 Å². The molecule has 0 aliphatic carbocycles. The second-order valence-corrected chi connectivity index (χ2v) is 6.31. The van der Waals surface area contributed by atoms with Gasteiger partial charge in [-0.15, -0.1) is 5.10 Å². The largest absolute Gasteiger partial charge is 0.493 e. The molecule has 1 heterocycles. The van der Waals surface area contributed by atoms with Gasteiger partial charge in [-0.05, 0) is 47.4 Å². The molecule has 1 aromatic heterocycles. The SMILES string of the molecule is C=CCOc1ccc(C=CC(=O)Nc2ccc(-c3csnn3)cc2)cc1OC. The molecule has 0 spiro atoms. The zero-order valence-corrected chi connectivity index (χ0v) is 16.1. The third kappa shape index (κ3) is 5.05. The molecule has 0 saturated carbocycles. The Morgan fingerprint density at radius 2 is 2.04 bits per heavy atom. The van der Waals surface area contributed by atoms with E-state index < -0.39 is 0 Å². The lowest BCUT2D eigenvalue weighted by molar-refractivity contribution is -0.111. The van der Waals surface area contributed by atoms with Crippen molar-refractivity contribution in [3.8, 4) is 22.8 Å². The number of amides is 1. The van der Waals surface area contributed by atoms with Crippen LogP contribution in [0.5, 0.6) is 11.5 Å². The molecule has 0 aliphatic heterocycles. The van der Waals surface area contributed by atoms with Crippen molar-refractivity contribution < 1.29 is 14.3 Å². The Kier molecular flexibility index (Phi) is 6.54. The highest BCUT2D eigenvalue weighted by atomic mass is 32.1.